The van der Waals surface area contributed by atoms with Crippen LogP contribution in [0.15, 0.2) is 42.5 Å². The molecular weight excluding hydrogens is 294 g/mol. The molecule has 5 nitrogen and oxygen atoms in total. The predicted molar refractivity (Wildman–Crippen MR) is 87.8 cm³/mol. The van der Waals surface area contributed by atoms with E-state index >= 15 is 0 Å². The Balaban J connectivity index is 2.04. The second kappa shape index (κ2) is 7.56. The number of methoxy groups -OCH3 is 1. The Kier molecular flexibility index (Phi) is 5.49. The van der Waals surface area contributed by atoms with Gasteiger partial charge < -0.3 is 14.8 Å². The number of carbonyl (C=O) groups excluding carboxylic acids is 2. The summed E-state index contributed by atoms with van der Waals surface area (Å²) in [5.74, 6) is -0.332. The first-order valence-electron chi connectivity index (χ1n) is 7.18. The highest BCUT2D eigenvalue weighted by Crippen LogP contribution is 2.18. The van der Waals surface area contributed by atoms with E-state index in [0.717, 1.165) is 16.8 Å². The van der Waals surface area contributed by atoms with Crippen molar-refractivity contribution in [2.24, 2.45) is 0 Å². The molecule has 0 radical (unpaired) electrons. The van der Waals surface area contributed by atoms with Gasteiger partial charge in [0.15, 0.2) is 0 Å². The second-order valence-corrected chi connectivity index (χ2v) is 5.20. The molecule has 2 aromatic carbocycles. The average Bonchev–Trinajstić information content (AvgIpc) is 2.51. The summed E-state index contributed by atoms with van der Waals surface area (Å²) in [5.41, 5.74) is 3.40. The number of benzene rings is 2. The third-order valence-electron chi connectivity index (χ3n) is 3.24. The predicted octanol–water partition coefficient (Wildman–Crippen LogP) is 3.11. The van der Waals surface area contributed by atoms with Crippen LogP contribution in [0.1, 0.15) is 21.5 Å². The zero-order chi connectivity index (χ0) is 16.8. The van der Waals surface area contributed by atoms with Crippen LogP contribution in [0, 0.1) is 13.8 Å². The number of aryl methyl sites for hydroxylation is 2. The van der Waals surface area contributed by atoms with Gasteiger partial charge in [0.2, 0.25) is 0 Å². The minimum absolute atomic E-state index is 0.116. The quantitative estimate of drug-likeness (QED) is 0.680. The van der Waals surface area contributed by atoms with E-state index in [1.165, 1.54) is 7.11 Å². The Morgan fingerprint density at radius 3 is 2.35 bits per heavy atom. The normalized spacial score (nSPS) is 10.2. The number of amides is 1. The summed E-state index contributed by atoms with van der Waals surface area (Å²) in [5, 5.41) is 2.87. The van der Waals surface area contributed by atoms with Crippen molar-refractivity contribution in [2.75, 3.05) is 19.0 Å². The SMILES string of the molecule is COCC(=O)Oc1ccc(C(=O)Nc2ccc(C)cc2C)cc1. The van der Waals surface area contributed by atoms with E-state index in [2.05, 4.69) is 10.1 Å². The molecule has 23 heavy (non-hydrogen) atoms. The van der Waals surface area contributed by atoms with Gasteiger partial charge in [0, 0.05) is 18.4 Å². The van der Waals surface area contributed by atoms with E-state index in [1.54, 1.807) is 24.3 Å². The van der Waals surface area contributed by atoms with Crippen molar-refractivity contribution in [1.29, 1.82) is 0 Å². The zero-order valence-electron chi connectivity index (χ0n) is 13.4. The Hall–Kier alpha value is -2.66. The first-order valence-corrected chi connectivity index (χ1v) is 7.18. The van der Waals surface area contributed by atoms with E-state index in [1.807, 2.05) is 32.0 Å². The lowest BCUT2D eigenvalue weighted by atomic mass is 10.1. The summed E-state index contributed by atoms with van der Waals surface area (Å²) < 4.78 is 9.73. The summed E-state index contributed by atoms with van der Waals surface area (Å²) in [7, 11) is 1.42. The lowest BCUT2D eigenvalue weighted by Crippen LogP contribution is -2.15. The number of ether oxygens (including phenoxy) is 2. The largest absolute Gasteiger partial charge is 0.425 e. The molecule has 1 amide bonds. The number of rotatable bonds is 5. The molecular formula is C18H19NO4. The van der Waals surface area contributed by atoms with Crippen LogP contribution in [0.3, 0.4) is 0 Å². The van der Waals surface area contributed by atoms with E-state index in [-0.39, 0.29) is 12.5 Å². The summed E-state index contributed by atoms with van der Waals surface area (Å²) in [6.07, 6.45) is 0. The number of hydrogen-bond acceptors (Lipinski definition) is 4. The van der Waals surface area contributed by atoms with Crippen LogP contribution in [0.4, 0.5) is 5.69 Å². The van der Waals surface area contributed by atoms with E-state index < -0.39 is 5.97 Å². The minimum Gasteiger partial charge on any atom is -0.425 e. The van der Waals surface area contributed by atoms with Gasteiger partial charge >= 0.3 is 5.97 Å². The van der Waals surface area contributed by atoms with Crippen molar-refractivity contribution in [2.45, 2.75) is 13.8 Å². The van der Waals surface area contributed by atoms with Gasteiger partial charge in [-0.25, -0.2) is 4.79 Å². The maximum Gasteiger partial charge on any atom is 0.337 e. The molecule has 5 heteroatoms. The van der Waals surface area contributed by atoms with Gasteiger partial charge in [0.1, 0.15) is 12.4 Å². The average molecular weight is 313 g/mol. The highest BCUT2D eigenvalue weighted by Gasteiger charge is 2.09. The van der Waals surface area contributed by atoms with Crippen LogP contribution in [0.2, 0.25) is 0 Å². The van der Waals surface area contributed by atoms with Gasteiger partial charge in [-0.2, -0.15) is 0 Å². The van der Waals surface area contributed by atoms with Crippen LogP contribution in [0.25, 0.3) is 0 Å². The molecule has 2 rings (SSSR count). The van der Waals surface area contributed by atoms with E-state index in [9.17, 15) is 9.59 Å². The molecule has 0 aliphatic carbocycles. The highest BCUT2D eigenvalue weighted by molar-refractivity contribution is 6.04. The third kappa shape index (κ3) is 4.66. The smallest absolute Gasteiger partial charge is 0.337 e. The number of nitrogens with one attached hydrogen (secondary N) is 1. The monoisotopic (exact) mass is 313 g/mol. The Bertz CT molecular complexity index is 707. The maximum atomic E-state index is 12.2. The van der Waals surface area contributed by atoms with Crippen LogP contribution in [-0.2, 0) is 9.53 Å². The zero-order valence-corrected chi connectivity index (χ0v) is 13.4. The number of anilines is 1. The fourth-order valence-electron chi connectivity index (χ4n) is 2.10. The van der Waals surface area contributed by atoms with E-state index in [4.69, 9.17) is 4.74 Å². The fraction of sp³-hybridized carbons (Fsp3) is 0.222. The molecule has 0 bridgehead atoms. The fourth-order valence-corrected chi connectivity index (χ4v) is 2.10. The summed E-state index contributed by atoms with van der Waals surface area (Å²) in [4.78, 5) is 23.6. The Morgan fingerprint density at radius 2 is 1.74 bits per heavy atom. The second-order valence-electron chi connectivity index (χ2n) is 5.20. The topological polar surface area (TPSA) is 64.6 Å². The van der Waals surface area contributed by atoms with Crippen molar-refractivity contribution in [1.82, 2.24) is 0 Å². The van der Waals surface area contributed by atoms with Crippen molar-refractivity contribution >= 4 is 17.6 Å². The minimum atomic E-state index is -0.486. The number of hydrogen-bond donors (Lipinski definition) is 1. The van der Waals surface area contributed by atoms with Crippen molar-refractivity contribution < 1.29 is 19.1 Å². The molecule has 0 unspecified atom stereocenters. The molecule has 0 aliphatic rings. The standard InChI is InChI=1S/C18H19NO4/c1-12-4-9-16(13(2)10-12)19-18(21)14-5-7-15(8-6-14)23-17(20)11-22-3/h4-10H,11H2,1-3H3,(H,19,21). The van der Waals surface area contributed by atoms with Crippen LogP contribution < -0.4 is 10.1 Å². The molecule has 2 aromatic rings. The van der Waals surface area contributed by atoms with Crippen molar-refractivity contribution in [3.05, 3.63) is 59.2 Å². The molecule has 0 spiro atoms. The molecule has 0 aromatic heterocycles. The Labute approximate surface area is 135 Å². The van der Waals surface area contributed by atoms with Crippen molar-refractivity contribution in [3.63, 3.8) is 0 Å². The molecule has 1 N–H and O–H groups in total. The molecule has 0 heterocycles. The lowest BCUT2D eigenvalue weighted by Gasteiger charge is -2.09. The van der Waals surface area contributed by atoms with Gasteiger partial charge in [0.05, 0.1) is 0 Å². The molecule has 0 atom stereocenters. The Morgan fingerprint density at radius 1 is 1.04 bits per heavy atom. The van der Waals surface area contributed by atoms with Gasteiger partial charge in [0.25, 0.3) is 5.91 Å². The van der Waals surface area contributed by atoms with Crippen LogP contribution >= 0.6 is 0 Å². The first kappa shape index (κ1) is 16.7. The molecule has 0 fully saturated rings. The van der Waals surface area contributed by atoms with Crippen LogP contribution in [-0.4, -0.2) is 25.6 Å². The summed E-state index contributed by atoms with van der Waals surface area (Å²) in [6, 6.07) is 12.2. The van der Waals surface area contributed by atoms with Crippen LogP contribution in [0.5, 0.6) is 5.75 Å². The van der Waals surface area contributed by atoms with Gasteiger partial charge in [-0.3, -0.25) is 4.79 Å². The summed E-state index contributed by atoms with van der Waals surface area (Å²) >= 11 is 0. The van der Waals surface area contributed by atoms with Gasteiger partial charge in [-0.1, -0.05) is 17.7 Å². The summed E-state index contributed by atoms with van der Waals surface area (Å²) in [6.45, 7) is 3.83. The van der Waals surface area contributed by atoms with E-state index in [0.29, 0.717) is 11.3 Å². The number of esters is 1. The third-order valence-corrected chi connectivity index (χ3v) is 3.24. The maximum absolute atomic E-state index is 12.2. The molecule has 0 aliphatic heterocycles. The molecule has 0 saturated carbocycles. The van der Waals surface area contributed by atoms with Crippen molar-refractivity contribution in [3.8, 4) is 5.75 Å². The van der Waals surface area contributed by atoms with Gasteiger partial charge in [-0.15, -0.1) is 0 Å². The highest BCUT2D eigenvalue weighted by atomic mass is 16.6. The van der Waals surface area contributed by atoms with Gasteiger partial charge in [-0.05, 0) is 49.7 Å². The molecule has 0 saturated heterocycles. The molecule has 120 valence electrons. The number of carbonyl (C=O) groups is 2. The first-order chi connectivity index (χ1) is 11.0. The lowest BCUT2D eigenvalue weighted by molar-refractivity contribution is -0.138.